The fourth-order valence-corrected chi connectivity index (χ4v) is 1.97. The maximum Gasteiger partial charge on any atom is 0.0840 e. The SMILES string of the molecule is CC(C)(C)c1ccc2nscc2c1. The third-order valence-electron chi connectivity index (χ3n) is 2.22. The lowest BCUT2D eigenvalue weighted by molar-refractivity contribution is 0.591. The molecule has 0 spiro atoms. The van der Waals surface area contributed by atoms with Gasteiger partial charge in [-0.15, -0.1) is 0 Å². The predicted molar refractivity (Wildman–Crippen MR) is 58.3 cm³/mol. The summed E-state index contributed by atoms with van der Waals surface area (Å²) in [5, 5.41) is 3.36. The van der Waals surface area contributed by atoms with Crippen LogP contribution in [0, 0.1) is 0 Å². The van der Waals surface area contributed by atoms with Gasteiger partial charge in [-0.05, 0) is 34.6 Å². The molecule has 1 aromatic carbocycles. The fraction of sp³-hybridized carbons (Fsp3) is 0.364. The van der Waals surface area contributed by atoms with E-state index in [2.05, 4.69) is 48.7 Å². The normalized spacial score (nSPS) is 12.2. The Morgan fingerprint density at radius 1 is 1.23 bits per heavy atom. The van der Waals surface area contributed by atoms with Crippen LogP contribution >= 0.6 is 11.5 Å². The minimum absolute atomic E-state index is 0.232. The number of aromatic nitrogens is 1. The Morgan fingerprint density at radius 2 is 2.00 bits per heavy atom. The first kappa shape index (κ1) is 8.70. The summed E-state index contributed by atoms with van der Waals surface area (Å²) >= 11 is 1.52. The monoisotopic (exact) mass is 191 g/mol. The summed E-state index contributed by atoms with van der Waals surface area (Å²) in [6.07, 6.45) is 0. The zero-order valence-corrected chi connectivity index (χ0v) is 8.98. The van der Waals surface area contributed by atoms with Gasteiger partial charge in [0.15, 0.2) is 0 Å². The third-order valence-corrected chi connectivity index (χ3v) is 2.89. The van der Waals surface area contributed by atoms with Gasteiger partial charge in [0.05, 0.1) is 5.52 Å². The van der Waals surface area contributed by atoms with Gasteiger partial charge in [-0.1, -0.05) is 26.8 Å². The Morgan fingerprint density at radius 3 is 2.69 bits per heavy atom. The molecule has 68 valence electrons. The summed E-state index contributed by atoms with van der Waals surface area (Å²) in [5.41, 5.74) is 2.72. The van der Waals surface area contributed by atoms with E-state index in [1.165, 1.54) is 22.5 Å². The van der Waals surface area contributed by atoms with Gasteiger partial charge in [-0.25, -0.2) is 0 Å². The summed E-state index contributed by atoms with van der Waals surface area (Å²) in [6, 6.07) is 6.51. The summed E-state index contributed by atoms with van der Waals surface area (Å²) < 4.78 is 4.28. The molecule has 13 heavy (non-hydrogen) atoms. The first-order valence-electron chi connectivity index (χ1n) is 4.42. The highest BCUT2D eigenvalue weighted by Gasteiger charge is 2.13. The minimum atomic E-state index is 0.232. The second-order valence-corrected chi connectivity index (χ2v) is 4.97. The van der Waals surface area contributed by atoms with Gasteiger partial charge in [0.25, 0.3) is 0 Å². The fourth-order valence-electron chi connectivity index (χ4n) is 1.34. The van der Waals surface area contributed by atoms with Crippen LogP contribution in [0.3, 0.4) is 0 Å². The Bertz CT molecular complexity index is 423. The lowest BCUT2D eigenvalue weighted by Crippen LogP contribution is -2.10. The van der Waals surface area contributed by atoms with Crippen molar-refractivity contribution in [2.24, 2.45) is 0 Å². The van der Waals surface area contributed by atoms with E-state index in [4.69, 9.17) is 0 Å². The first-order chi connectivity index (χ1) is 6.07. The highest BCUT2D eigenvalue weighted by molar-refractivity contribution is 7.04. The van der Waals surface area contributed by atoms with Crippen molar-refractivity contribution in [2.45, 2.75) is 26.2 Å². The van der Waals surface area contributed by atoms with Gasteiger partial charge < -0.3 is 0 Å². The van der Waals surface area contributed by atoms with Gasteiger partial charge >= 0.3 is 0 Å². The predicted octanol–water partition coefficient (Wildman–Crippen LogP) is 3.59. The van der Waals surface area contributed by atoms with Gasteiger partial charge in [0.1, 0.15) is 0 Å². The third kappa shape index (κ3) is 1.59. The van der Waals surface area contributed by atoms with E-state index in [9.17, 15) is 0 Å². The standard InChI is InChI=1S/C11H13NS/c1-11(2,3)9-4-5-10-8(6-9)7-13-12-10/h4-7H,1-3H3. The Balaban J connectivity index is 2.61. The van der Waals surface area contributed by atoms with Crippen LogP contribution < -0.4 is 0 Å². The Kier molecular flexibility index (Phi) is 1.88. The second-order valence-electron chi connectivity index (χ2n) is 4.34. The molecule has 1 nitrogen and oxygen atoms in total. The van der Waals surface area contributed by atoms with Crippen LogP contribution in [0.15, 0.2) is 23.6 Å². The van der Waals surface area contributed by atoms with Crippen LogP contribution in [0.2, 0.25) is 0 Å². The number of benzene rings is 1. The molecule has 0 bridgehead atoms. The molecular formula is C11H13NS. The number of hydrogen-bond acceptors (Lipinski definition) is 2. The van der Waals surface area contributed by atoms with Crippen LogP contribution in [0.25, 0.3) is 10.9 Å². The topological polar surface area (TPSA) is 12.9 Å². The van der Waals surface area contributed by atoms with Crippen LogP contribution in [0.4, 0.5) is 0 Å². The van der Waals surface area contributed by atoms with E-state index < -0.39 is 0 Å². The summed E-state index contributed by atoms with van der Waals surface area (Å²) in [4.78, 5) is 0. The molecule has 1 aromatic heterocycles. The Hall–Kier alpha value is -0.890. The number of nitrogens with zero attached hydrogens (tertiary/aromatic N) is 1. The van der Waals surface area contributed by atoms with Crippen LogP contribution in [0.5, 0.6) is 0 Å². The molecule has 0 unspecified atom stereocenters. The highest BCUT2D eigenvalue weighted by Crippen LogP contribution is 2.26. The van der Waals surface area contributed by atoms with Crippen LogP contribution in [-0.2, 0) is 5.41 Å². The molecule has 2 aromatic rings. The second kappa shape index (κ2) is 2.81. The molecule has 0 saturated heterocycles. The Labute approximate surface area is 82.6 Å². The van der Waals surface area contributed by atoms with Crippen molar-refractivity contribution in [1.29, 1.82) is 0 Å². The molecule has 1 heterocycles. The van der Waals surface area contributed by atoms with Crippen molar-refractivity contribution < 1.29 is 0 Å². The zero-order valence-electron chi connectivity index (χ0n) is 8.16. The molecular weight excluding hydrogens is 178 g/mol. The molecule has 0 atom stereocenters. The zero-order chi connectivity index (χ0) is 9.47. The van der Waals surface area contributed by atoms with Crippen molar-refractivity contribution in [3.8, 4) is 0 Å². The molecule has 0 aliphatic carbocycles. The van der Waals surface area contributed by atoms with Crippen molar-refractivity contribution >= 4 is 22.4 Å². The van der Waals surface area contributed by atoms with E-state index in [0.717, 1.165) is 5.52 Å². The lowest BCUT2D eigenvalue weighted by atomic mass is 9.87. The van der Waals surface area contributed by atoms with Gasteiger partial charge in [-0.2, -0.15) is 4.37 Å². The molecule has 0 amide bonds. The lowest BCUT2D eigenvalue weighted by Gasteiger charge is -2.18. The minimum Gasteiger partial charge on any atom is -0.193 e. The maximum absolute atomic E-state index is 4.28. The summed E-state index contributed by atoms with van der Waals surface area (Å²) in [5.74, 6) is 0. The maximum atomic E-state index is 4.28. The molecule has 0 N–H and O–H groups in total. The molecule has 0 aliphatic heterocycles. The number of hydrogen-bond donors (Lipinski definition) is 0. The van der Waals surface area contributed by atoms with Gasteiger partial charge in [0, 0.05) is 10.8 Å². The van der Waals surface area contributed by atoms with E-state index >= 15 is 0 Å². The van der Waals surface area contributed by atoms with E-state index in [1.807, 2.05) is 0 Å². The molecule has 2 rings (SSSR count). The van der Waals surface area contributed by atoms with Gasteiger partial charge in [-0.3, -0.25) is 0 Å². The number of fused-ring (bicyclic) bond motifs is 1. The molecule has 0 fully saturated rings. The van der Waals surface area contributed by atoms with Crippen LogP contribution in [0.1, 0.15) is 26.3 Å². The molecule has 0 aliphatic rings. The first-order valence-corrected chi connectivity index (χ1v) is 5.26. The average molecular weight is 191 g/mol. The van der Waals surface area contributed by atoms with E-state index in [1.54, 1.807) is 0 Å². The average Bonchev–Trinajstić information content (AvgIpc) is 2.47. The quantitative estimate of drug-likeness (QED) is 0.620. The largest absolute Gasteiger partial charge is 0.193 e. The molecule has 2 heteroatoms. The van der Waals surface area contributed by atoms with E-state index in [0.29, 0.717) is 0 Å². The number of rotatable bonds is 0. The molecule has 0 saturated carbocycles. The van der Waals surface area contributed by atoms with Crippen molar-refractivity contribution in [1.82, 2.24) is 4.37 Å². The van der Waals surface area contributed by atoms with E-state index in [-0.39, 0.29) is 5.41 Å². The molecule has 0 radical (unpaired) electrons. The summed E-state index contributed by atoms with van der Waals surface area (Å²) in [7, 11) is 0. The van der Waals surface area contributed by atoms with Crippen molar-refractivity contribution in [2.75, 3.05) is 0 Å². The van der Waals surface area contributed by atoms with Crippen molar-refractivity contribution in [3.05, 3.63) is 29.1 Å². The summed E-state index contributed by atoms with van der Waals surface area (Å²) in [6.45, 7) is 6.69. The smallest absolute Gasteiger partial charge is 0.0840 e. The van der Waals surface area contributed by atoms with Crippen LogP contribution in [-0.4, -0.2) is 4.37 Å². The highest BCUT2D eigenvalue weighted by atomic mass is 32.1. The van der Waals surface area contributed by atoms with Crippen molar-refractivity contribution in [3.63, 3.8) is 0 Å². The van der Waals surface area contributed by atoms with Gasteiger partial charge in [0.2, 0.25) is 0 Å².